The average molecular weight is 190 g/mol. The van der Waals surface area contributed by atoms with E-state index in [1.165, 1.54) is 0 Å². The van der Waals surface area contributed by atoms with Crippen molar-refractivity contribution < 1.29 is 4.74 Å². The third kappa shape index (κ3) is 2.42. The van der Waals surface area contributed by atoms with E-state index in [0.717, 1.165) is 25.5 Å². The van der Waals surface area contributed by atoms with Gasteiger partial charge in [-0.3, -0.25) is 0 Å². The number of nitrogens with zero attached hydrogens (tertiary/aromatic N) is 1. The van der Waals surface area contributed by atoms with Gasteiger partial charge in [-0.15, -0.1) is 0 Å². The zero-order valence-electron chi connectivity index (χ0n) is 8.02. The van der Waals surface area contributed by atoms with E-state index in [4.69, 9.17) is 4.74 Å². The Kier molecular flexibility index (Phi) is 2.91. The van der Waals surface area contributed by atoms with Crippen LogP contribution in [-0.2, 0) is 6.54 Å². The van der Waals surface area contributed by atoms with Crippen molar-refractivity contribution in [2.75, 3.05) is 6.61 Å². The number of H-pyrrole nitrogens is 1. The molecule has 2 aromatic heterocycles. The van der Waals surface area contributed by atoms with E-state index in [0.29, 0.717) is 0 Å². The number of rotatable bonds is 5. The van der Waals surface area contributed by atoms with Crippen LogP contribution in [0.15, 0.2) is 42.9 Å². The van der Waals surface area contributed by atoms with Crippen LogP contribution in [0.1, 0.15) is 6.42 Å². The lowest BCUT2D eigenvalue weighted by molar-refractivity contribution is 0.292. The van der Waals surface area contributed by atoms with Gasteiger partial charge in [0, 0.05) is 25.1 Å². The van der Waals surface area contributed by atoms with Gasteiger partial charge in [-0.05, 0) is 30.7 Å². The maximum absolute atomic E-state index is 5.48. The predicted molar refractivity (Wildman–Crippen MR) is 55.3 cm³/mol. The number of aromatic amines is 1. The second-order valence-electron chi connectivity index (χ2n) is 3.16. The molecule has 0 saturated heterocycles. The lowest BCUT2D eigenvalue weighted by Gasteiger charge is -2.04. The van der Waals surface area contributed by atoms with Crippen LogP contribution in [0, 0.1) is 0 Å². The molecule has 0 spiro atoms. The molecule has 2 heterocycles. The normalized spacial score (nSPS) is 10.3. The Morgan fingerprint density at radius 3 is 2.79 bits per heavy atom. The molecule has 2 rings (SSSR count). The van der Waals surface area contributed by atoms with Crippen LogP contribution in [0.4, 0.5) is 0 Å². The first-order valence-corrected chi connectivity index (χ1v) is 4.82. The molecule has 0 aromatic carbocycles. The van der Waals surface area contributed by atoms with Crippen LogP contribution >= 0.6 is 0 Å². The third-order valence-corrected chi connectivity index (χ3v) is 2.05. The molecule has 74 valence electrons. The molecule has 0 aliphatic heterocycles. The van der Waals surface area contributed by atoms with Crippen LogP contribution in [-0.4, -0.2) is 16.2 Å². The molecule has 14 heavy (non-hydrogen) atoms. The highest BCUT2D eigenvalue weighted by molar-refractivity contribution is 5.09. The summed E-state index contributed by atoms with van der Waals surface area (Å²) in [5.41, 5.74) is 0. The molecule has 0 unspecified atom stereocenters. The quantitative estimate of drug-likeness (QED) is 0.720. The second kappa shape index (κ2) is 4.56. The smallest absolute Gasteiger partial charge is 0.190 e. The third-order valence-electron chi connectivity index (χ3n) is 2.05. The minimum Gasteiger partial charge on any atom is -0.479 e. The maximum Gasteiger partial charge on any atom is 0.190 e. The minimum atomic E-state index is 0.749. The molecule has 0 radical (unpaired) electrons. The molecule has 2 aromatic rings. The highest BCUT2D eigenvalue weighted by atomic mass is 16.5. The van der Waals surface area contributed by atoms with Crippen molar-refractivity contribution >= 4 is 0 Å². The van der Waals surface area contributed by atoms with Gasteiger partial charge in [-0.1, -0.05) is 0 Å². The van der Waals surface area contributed by atoms with Gasteiger partial charge in [-0.25, -0.2) is 0 Å². The van der Waals surface area contributed by atoms with E-state index in [9.17, 15) is 0 Å². The lowest BCUT2D eigenvalue weighted by Crippen LogP contribution is -2.02. The van der Waals surface area contributed by atoms with Crippen LogP contribution in [0.5, 0.6) is 5.88 Å². The highest BCUT2D eigenvalue weighted by Gasteiger charge is 1.93. The Balaban J connectivity index is 1.65. The standard InChI is InChI=1S/C11H14N2O/c1-2-8-13(7-1)9-4-10-14-11-5-3-6-12-11/h1-3,5-8,12H,4,9-10H2. The molecule has 0 fully saturated rings. The molecule has 0 atom stereocenters. The van der Waals surface area contributed by atoms with Crippen molar-refractivity contribution in [3.05, 3.63) is 42.9 Å². The van der Waals surface area contributed by atoms with Gasteiger partial charge >= 0.3 is 0 Å². The zero-order valence-corrected chi connectivity index (χ0v) is 8.02. The molecule has 3 heteroatoms. The summed E-state index contributed by atoms with van der Waals surface area (Å²) in [5, 5.41) is 0. The average Bonchev–Trinajstić information content (AvgIpc) is 2.86. The van der Waals surface area contributed by atoms with E-state index in [2.05, 4.69) is 21.9 Å². The number of nitrogens with one attached hydrogen (secondary N) is 1. The van der Waals surface area contributed by atoms with E-state index < -0.39 is 0 Å². The van der Waals surface area contributed by atoms with Crippen LogP contribution in [0.3, 0.4) is 0 Å². The van der Waals surface area contributed by atoms with Crippen molar-refractivity contribution in [1.82, 2.24) is 9.55 Å². The molecule has 0 amide bonds. The predicted octanol–water partition coefficient (Wildman–Crippen LogP) is 2.29. The van der Waals surface area contributed by atoms with Crippen LogP contribution < -0.4 is 4.74 Å². The number of hydrogen-bond acceptors (Lipinski definition) is 1. The molecule has 3 nitrogen and oxygen atoms in total. The summed E-state index contributed by atoms with van der Waals surface area (Å²) < 4.78 is 7.63. The van der Waals surface area contributed by atoms with Crippen molar-refractivity contribution in [2.45, 2.75) is 13.0 Å². The molecular formula is C11H14N2O. The lowest BCUT2D eigenvalue weighted by atomic mass is 10.4. The summed E-state index contributed by atoms with van der Waals surface area (Å²) >= 11 is 0. The Bertz CT molecular complexity index is 301. The van der Waals surface area contributed by atoms with E-state index in [1.807, 2.05) is 30.5 Å². The summed E-state index contributed by atoms with van der Waals surface area (Å²) in [6.45, 7) is 1.76. The van der Waals surface area contributed by atoms with E-state index in [-0.39, 0.29) is 0 Å². The van der Waals surface area contributed by atoms with Gasteiger partial charge in [0.05, 0.1) is 6.61 Å². The fourth-order valence-corrected chi connectivity index (χ4v) is 1.35. The largest absolute Gasteiger partial charge is 0.479 e. The summed E-state index contributed by atoms with van der Waals surface area (Å²) in [7, 11) is 0. The van der Waals surface area contributed by atoms with Crippen molar-refractivity contribution in [3.8, 4) is 5.88 Å². The van der Waals surface area contributed by atoms with Gasteiger partial charge in [0.1, 0.15) is 0 Å². The highest BCUT2D eigenvalue weighted by Crippen LogP contribution is 2.04. The Hall–Kier alpha value is -1.64. The van der Waals surface area contributed by atoms with Gasteiger partial charge in [0.2, 0.25) is 0 Å². The van der Waals surface area contributed by atoms with Gasteiger partial charge < -0.3 is 14.3 Å². The number of aromatic nitrogens is 2. The Morgan fingerprint density at radius 2 is 2.07 bits per heavy atom. The molecule has 0 bridgehead atoms. The fraction of sp³-hybridized carbons (Fsp3) is 0.273. The minimum absolute atomic E-state index is 0.749. The molecule has 0 aliphatic carbocycles. The van der Waals surface area contributed by atoms with Crippen LogP contribution in [0.2, 0.25) is 0 Å². The zero-order chi connectivity index (χ0) is 9.64. The Labute approximate surface area is 83.3 Å². The van der Waals surface area contributed by atoms with Crippen molar-refractivity contribution in [2.24, 2.45) is 0 Å². The summed E-state index contributed by atoms with van der Waals surface area (Å²) in [5.74, 6) is 0.845. The van der Waals surface area contributed by atoms with E-state index >= 15 is 0 Å². The van der Waals surface area contributed by atoms with Gasteiger partial charge in [0.25, 0.3) is 0 Å². The first-order valence-electron chi connectivity index (χ1n) is 4.82. The van der Waals surface area contributed by atoms with Gasteiger partial charge in [-0.2, -0.15) is 0 Å². The number of aryl methyl sites for hydroxylation is 1. The number of ether oxygens (including phenoxy) is 1. The first-order chi connectivity index (χ1) is 6.95. The van der Waals surface area contributed by atoms with Gasteiger partial charge in [0.15, 0.2) is 5.88 Å². The summed E-state index contributed by atoms with van der Waals surface area (Å²) in [6, 6.07) is 7.93. The molecular weight excluding hydrogens is 176 g/mol. The number of hydrogen-bond donors (Lipinski definition) is 1. The van der Waals surface area contributed by atoms with Crippen LogP contribution in [0.25, 0.3) is 0 Å². The SMILES string of the molecule is c1c[nH]c(OCCCn2cccc2)c1. The first kappa shape index (κ1) is 8.94. The Morgan fingerprint density at radius 1 is 1.21 bits per heavy atom. The molecule has 1 N–H and O–H groups in total. The maximum atomic E-state index is 5.48. The van der Waals surface area contributed by atoms with E-state index in [1.54, 1.807) is 0 Å². The summed E-state index contributed by atoms with van der Waals surface area (Å²) in [6.07, 6.45) is 7.01. The second-order valence-corrected chi connectivity index (χ2v) is 3.16. The summed E-state index contributed by atoms with van der Waals surface area (Å²) in [4.78, 5) is 3.00. The fourth-order valence-electron chi connectivity index (χ4n) is 1.35. The van der Waals surface area contributed by atoms with Crippen molar-refractivity contribution in [1.29, 1.82) is 0 Å². The van der Waals surface area contributed by atoms with Crippen molar-refractivity contribution in [3.63, 3.8) is 0 Å². The monoisotopic (exact) mass is 190 g/mol. The molecule has 0 aliphatic rings. The topological polar surface area (TPSA) is 29.9 Å². The molecule has 0 saturated carbocycles.